The minimum Gasteiger partial charge on any atom is -0.494 e. The third kappa shape index (κ3) is 6.50. The Morgan fingerprint density at radius 1 is 1.00 bits per heavy atom. The SMILES string of the molecule is CC(C)CCOc1ccc(OCC(=O)Nc2ccc(Cl)cc2)cc1. The van der Waals surface area contributed by atoms with Crippen molar-refractivity contribution in [3.05, 3.63) is 53.6 Å². The van der Waals surface area contributed by atoms with Crippen LogP contribution in [0.15, 0.2) is 48.5 Å². The Kier molecular flexibility index (Phi) is 6.94. The first-order valence-electron chi connectivity index (χ1n) is 7.94. The van der Waals surface area contributed by atoms with E-state index in [0.29, 0.717) is 29.0 Å². The van der Waals surface area contributed by atoms with Gasteiger partial charge in [-0.15, -0.1) is 0 Å². The predicted octanol–water partition coefficient (Wildman–Crippen LogP) is 4.78. The fourth-order valence-electron chi connectivity index (χ4n) is 1.92. The van der Waals surface area contributed by atoms with Gasteiger partial charge in [0, 0.05) is 10.7 Å². The summed E-state index contributed by atoms with van der Waals surface area (Å²) in [5.41, 5.74) is 0.682. The standard InChI is InChI=1S/C19H22ClNO3/c1-14(2)11-12-23-17-7-9-18(10-8-17)24-13-19(22)21-16-5-3-15(20)4-6-16/h3-10,14H,11-13H2,1-2H3,(H,21,22). The maximum atomic E-state index is 11.8. The molecule has 0 radical (unpaired) electrons. The Hall–Kier alpha value is -2.20. The normalized spacial score (nSPS) is 10.5. The molecule has 2 rings (SSSR count). The van der Waals surface area contributed by atoms with E-state index >= 15 is 0 Å². The summed E-state index contributed by atoms with van der Waals surface area (Å²) in [6.45, 7) is 4.96. The molecule has 24 heavy (non-hydrogen) atoms. The van der Waals surface area contributed by atoms with Crippen LogP contribution in [-0.4, -0.2) is 19.1 Å². The van der Waals surface area contributed by atoms with Crippen LogP contribution in [-0.2, 0) is 4.79 Å². The van der Waals surface area contributed by atoms with Crippen LogP contribution >= 0.6 is 11.6 Å². The van der Waals surface area contributed by atoms with Gasteiger partial charge in [-0.05, 0) is 60.9 Å². The van der Waals surface area contributed by atoms with Crippen LogP contribution in [0.5, 0.6) is 11.5 Å². The van der Waals surface area contributed by atoms with Gasteiger partial charge < -0.3 is 14.8 Å². The van der Waals surface area contributed by atoms with Crippen LogP contribution in [0.3, 0.4) is 0 Å². The van der Waals surface area contributed by atoms with E-state index in [0.717, 1.165) is 12.2 Å². The third-order valence-electron chi connectivity index (χ3n) is 3.29. The van der Waals surface area contributed by atoms with Gasteiger partial charge in [-0.25, -0.2) is 0 Å². The summed E-state index contributed by atoms with van der Waals surface area (Å²) in [6, 6.07) is 14.2. The van der Waals surface area contributed by atoms with E-state index < -0.39 is 0 Å². The molecule has 0 saturated heterocycles. The molecule has 0 aliphatic carbocycles. The Labute approximate surface area is 147 Å². The van der Waals surface area contributed by atoms with Crippen molar-refractivity contribution in [2.75, 3.05) is 18.5 Å². The molecule has 1 amide bonds. The number of halogens is 1. The number of ether oxygens (including phenoxy) is 2. The van der Waals surface area contributed by atoms with Gasteiger partial charge in [-0.2, -0.15) is 0 Å². The van der Waals surface area contributed by atoms with Crippen molar-refractivity contribution in [3.8, 4) is 11.5 Å². The van der Waals surface area contributed by atoms with Gasteiger partial charge in [-0.3, -0.25) is 4.79 Å². The number of carbonyl (C=O) groups is 1. The van der Waals surface area contributed by atoms with Crippen LogP contribution in [0.1, 0.15) is 20.3 Å². The Bertz CT molecular complexity index is 639. The van der Waals surface area contributed by atoms with Crippen molar-refractivity contribution in [1.29, 1.82) is 0 Å². The summed E-state index contributed by atoms with van der Waals surface area (Å²) in [4.78, 5) is 11.8. The van der Waals surface area contributed by atoms with E-state index in [2.05, 4.69) is 19.2 Å². The van der Waals surface area contributed by atoms with Crippen LogP contribution in [0, 0.1) is 5.92 Å². The summed E-state index contributed by atoms with van der Waals surface area (Å²) in [7, 11) is 0. The maximum absolute atomic E-state index is 11.8. The number of hydrogen-bond donors (Lipinski definition) is 1. The highest BCUT2D eigenvalue weighted by atomic mass is 35.5. The van der Waals surface area contributed by atoms with E-state index in [1.54, 1.807) is 36.4 Å². The average Bonchev–Trinajstić information content (AvgIpc) is 2.56. The zero-order valence-corrected chi connectivity index (χ0v) is 14.7. The van der Waals surface area contributed by atoms with Crippen molar-refractivity contribution in [2.45, 2.75) is 20.3 Å². The molecule has 0 fully saturated rings. The number of hydrogen-bond acceptors (Lipinski definition) is 3. The molecular weight excluding hydrogens is 326 g/mol. The van der Waals surface area contributed by atoms with E-state index in [9.17, 15) is 4.79 Å². The molecule has 0 atom stereocenters. The fraction of sp³-hybridized carbons (Fsp3) is 0.316. The maximum Gasteiger partial charge on any atom is 0.262 e. The van der Waals surface area contributed by atoms with Crippen molar-refractivity contribution in [3.63, 3.8) is 0 Å². The molecule has 5 heteroatoms. The van der Waals surface area contributed by atoms with E-state index in [-0.39, 0.29) is 12.5 Å². The zero-order valence-electron chi connectivity index (χ0n) is 13.9. The summed E-state index contributed by atoms with van der Waals surface area (Å²) >= 11 is 5.80. The van der Waals surface area contributed by atoms with Gasteiger partial charge in [0.1, 0.15) is 11.5 Å². The van der Waals surface area contributed by atoms with Crippen molar-refractivity contribution >= 4 is 23.2 Å². The number of anilines is 1. The monoisotopic (exact) mass is 347 g/mol. The second-order valence-electron chi connectivity index (χ2n) is 5.85. The average molecular weight is 348 g/mol. The molecule has 2 aromatic carbocycles. The molecule has 0 aromatic heterocycles. The molecule has 0 aliphatic heterocycles. The molecule has 1 N–H and O–H groups in total. The topological polar surface area (TPSA) is 47.6 Å². The minimum absolute atomic E-state index is 0.0593. The number of rotatable bonds is 8. The molecule has 0 bridgehead atoms. The fourth-order valence-corrected chi connectivity index (χ4v) is 2.05. The Morgan fingerprint density at radius 2 is 1.58 bits per heavy atom. The Morgan fingerprint density at radius 3 is 2.17 bits per heavy atom. The minimum atomic E-state index is -0.227. The quantitative estimate of drug-likeness (QED) is 0.747. The molecule has 0 heterocycles. The molecule has 0 saturated carbocycles. The van der Waals surface area contributed by atoms with Gasteiger partial charge in [-0.1, -0.05) is 25.4 Å². The van der Waals surface area contributed by atoms with Crippen molar-refractivity contribution in [1.82, 2.24) is 0 Å². The summed E-state index contributed by atoms with van der Waals surface area (Å²) < 4.78 is 11.1. The molecule has 0 spiro atoms. The zero-order chi connectivity index (χ0) is 17.4. The van der Waals surface area contributed by atoms with Crippen LogP contribution in [0.4, 0.5) is 5.69 Å². The van der Waals surface area contributed by atoms with Crippen molar-refractivity contribution in [2.24, 2.45) is 5.92 Å². The lowest BCUT2D eigenvalue weighted by Gasteiger charge is -2.10. The first-order chi connectivity index (χ1) is 11.5. The van der Waals surface area contributed by atoms with Crippen molar-refractivity contribution < 1.29 is 14.3 Å². The van der Waals surface area contributed by atoms with Crippen LogP contribution in [0.2, 0.25) is 5.02 Å². The molecule has 128 valence electrons. The van der Waals surface area contributed by atoms with Gasteiger partial charge in [0.05, 0.1) is 6.61 Å². The van der Waals surface area contributed by atoms with Gasteiger partial charge >= 0.3 is 0 Å². The Balaban J connectivity index is 1.75. The summed E-state index contributed by atoms with van der Waals surface area (Å²) in [6.07, 6.45) is 1.02. The van der Waals surface area contributed by atoms with E-state index in [1.807, 2.05) is 12.1 Å². The number of benzene rings is 2. The lowest BCUT2D eigenvalue weighted by Crippen LogP contribution is -2.20. The van der Waals surface area contributed by atoms with Crippen LogP contribution in [0.25, 0.3) is 0 Å². The highest BCUT2D eigenvalue weighted by Crippen LogP contribution is 2.18. The summed E-state index contributed by atoms with van der Waals surface area (Å²) in [5.74, 6) is 1.81. The van der Waals surface area contributed by atoms with Gasteiger partial charge in [0.25, 0.3) is 5.91 Å². The highest BCUT2D eigenvalue weighted by molar-refractivity contribution is 6.30. The first kappa shape index (κ1) is 18.1. The molecule has 2 aromatic rings. The first-order valence-corrected chi connectivity index (χ1v) is 8.32. The lowest BCUT2D eigenvalue weighted by molar-refractivity contribution is -0.118. The van der Waals surface area contributed by atoms with Gasteiger partial charge in [0.2, 0.25) is 0 Å². The molecule has 4 nitrogen and oxygen atoms in total. The van der Waals surface area contributed by atoms with Crippen LogP contribution < -0.4 is 14.8 Å². The second-order valence-corrected chi connectivity index (χ2v) is 6.28. The molecule has 0 aliphatic rings. The third-order valence-corrected chi connectivity index (χ3v) is 3.54. The van der Waals surface area contributed by atoms with E-state index in [1.165, 1.54) is 0 Å². The highest BCUT2D eigenvalue weighted by Gasteiger charge is 2.04. The van der Waals surface area contributed by atoms with Gasteiger partial charge in [0.15, 0.2) is 6.61 Å². The smallest absolute Gasteiger partial charge is 0.262 e. The summed E-state index contributed by atoms with van der Waals surface area (Å²) in [5, 5.41) is 3.37. The number of carbonyl (C=O) groups excluding carboxylic acids is 1. The largest absolute Gasteiger partial charge is 0.494 e. The predicted molar refractivity (Wildman–Crippen MR) is 97.0 cm³/mol. The lowest BCUT2D eigenvalue weighted by atomic mass is 10.1. The number of nitrogens with one attached hydrogen (secondary N) is 1. The second kappa shape index (κ2) is 9.18. The molecular formula is C19H22ClNO3. The molecule has 0 unspecified atom stereocenters. The number of amides is 1. The van der Waals surface area contributed by atoms with E-state index in [4.69, 9.17) is 21.1 Å².